The molecule has 25 heavy (non-hydrogen) atoms. The van der Waals surface area contributed by atoms with Crippen LogP contribution in [0.3, 0.4) is 0 Å². The Morgan fingerprint density at radius 2 is 1.68 bits per heavy atom. The number of amides is 1. The summed E-state index contributed by atoms with van der Waals surface area (Å²) in [6.07, 6.45) is 2.00. The molecule has 0 fully saturated rings. The third-order valence-corrected chi connectivity index (χ3v) is 3.87. The van der Waals surface area contributed by atoms with E-state index in [1.54, 1.807) is 12.1 Å². The Morgan fingerprint density at radius 1 is 1.04 bits per heavy atom. The van der Waals surface area contributed by atoms with E-state index >= 15 is 0 Å². The van der Waals surface area contributed by atoms with Crippen molar-refractivity contribution < 1.29 is 9.53 Å². The quantitative estimate of drug-likeness (QED) is 0.741. The number of carbonyl (C=O) groups is 1. The Labute approximate surface area is 150 Å². The van der Waals surface area contributed by atoms with E-state index in [0.717, 1.165) is 18.6 Å². The van der Waals surface area contributed by atoms with E-state index in [1.807, 2.05) is 40.1 Å². The van der Waals surface area contributed by atoms with Crippen molar-refractivity contribution in [1.82, 2.24) is 5.32 Å². The van der Waals surface area contributed by atoms with E-state index < -0.39 is 0 Å². The van der Waals surface area contributed by atoms with Crippen LogP contribution in [-0.2, 0) is 6.42 Å². The molecule has 0 aromatic heterocycles. The van der Waals surface area contributed by atoms with Crippen molar-refractivity contribution in [2.24, 2.45) is 0 Å². The summed E-state index contributed by atoms with van der Waals surface area (Å²) < 4.78 is 5.58. The average Bonchev–Trinajstić information content (AvgIpc) is 2.59. The number of ether oxygens (including phenoxy) is 1. The Balaban J connectivity index is 1.74. The molecule has 0 spiro atoms. The molecule has 2 aromatic carbocycles. The standard InChI is InChI=1S/C21H28N2O2/c1-16(2)25-20-13-9-18(10-14-20)21(24)22-15-5-6-17-7-11-19(12-8-17)23(3)4/h7-14,16H,5-6,15H2,1-4H3,(H,22,24). The molecule has 4 nitrogen and oxygen atoms in total. The van der Waals surface area contributed by atoms with Gasteiger partial charge in [-0.15, -0.1) is 0 Å². The van der Waals surface area contributed by atoms with Crippen LogP contribution >= 0.6 is 0 Å². The molecule has 1 amide bonds. The van der Waals surface area contributed by atoms with Crippen LogP contribution in [0.5, 0.6) is 5.75 Å². The predicted octanol–water partition coefficient (Wildman–Crippen LogP) is 3.90. The second-order valence-electron chi connectivity index (χ2n) is 6.61. The average molecular weight is 340 g/mol. The SMILES string of the molecule is CC(C)Oc1ccc(C(=O)NCCCc2ccc(N(C)C)cc2)cc1. The number of benzene rings is 2. The fourth-order valence-corrected chi connectivity index (χ4v) is 2.51. The molecule has 0 heterocycles. The van der Waals surface area contributed by atoms with Gasteiger partial charge >= 0.3 is 0 Å². The van der Waals surface area contributed by atoms with Gasteiger partial charge in [0.1, 0.15) is 5.75 Å². The van der Waals surface area contributed by atoms with Crippen LogP contribution < -0.4 is 15.0 Å². The molecule has 0 aliphatic rings. The lowest BCUT2D eigenvalue weighted by molar-refractivity contribution is 0.0953. The fourth-order valence-electron chi connectivity index (χ4n) is 2.51. The number of anilines is 1. The van der Waals surface area contributed by atoms with E-state index in [9.17, 15) is 4.79 Å². The highest BCUT2D eigenvalue weighted by atomic mass is 16.5. The van der Waals surface area contributed by atoms with Crippen molar-refractivity contribution in [2.45, 2.75) is 32.8 Å². The van der Waals surface area contributed by atoms with Crippen LogP contribution in [0.1, 0.15) is 36.2 Å². The summed E-state index contributed by atoms with van der Waals surface area (Å²) in [7, 11) is 4.07. The molecule has 0 saturated carbocycles. The van der Waals surface area contributed by atoms with Gasteiger partial charge in [-0.05, 0) is 68.7 Å². The van der Waals surface area contributed by atoms with Crippen LogP contribution in [0.4, 0.5) is 5.69 Å². The van der Waals surface area contributed by atoms with Gasteiger partial charge in [0.25, 0.3) is 5.91 Å². The zero-order chi connectivity index (χ0) is 18.2. The molecule has 0 radical (unpaired) electrons. The Morgan fingerprint density at radius 3 is 2.24 bits per heavy atom. The van der Waals surface area contributed by atoms with E-state index in [1.165, 1.54) is 11.3 Å². The lowest BCUT2D eigenvalue weighted by atomic mass is 10.1. The summed E-state index contributed by atoms with van der Waals surface area (Å²) in [5.41, 5.74) is 3.14. The molecule has 134 valence electrons. The lowest BCUT2D eigenvalue weighted by Gasteiger charge is -2.12. The highest BCUT2D eigenvalue weighted by Crippen LogP contribution is 2.14. The van der Waals surface area contributed by atoms with Crippen LogP contribution in [0.15, 0.2) is 48.5 Å². The molecule has 0 aliphatic carbocycles. The summed E-state index contributed by atoms with van der Waals surface area (Å²) in [6, 6.07) is 15.8. The zero-order valence-corrected chi connectivity index (χ0v) is 15.6. The minimum atomic E-state index is -0.0425. The number of nitrogens with one attached hydrogen (secondary N) is 1. The molecule has 0 unspecified atom stereocenters. The summed E-state index contributed by atoms with van der Waals surface area (Å²) in [6.45, 7) is 4.63. The molecule has 2 aromatic rings. The van der Waals surface area contributed by atoms with Gasteiger partial charge in [0.2, 0.25) is 0 Å². The van der Waals surface area contributed by atoms with Crippen molar-refractivity contribution in [2.75, 3.05) is 25.5 Å². The molecular formula is C21H28N2O2. The molecule has 0 bridgehead atoms. The summed E-state index contributed by atoms with van der Waals surface area (Å²) >= 11 is 0. The van der Waals surface area contributed by atoms with Crippen molar-refractivity contribution in [3.8, 4) is 5.75 Å². The molecule has 2 rings (SSSR count). The highest BCUT2D eigenvalue weighted by Gasteiger charge is 2.06. The van der Waals surface area contributed by atoms with Gasteiger partial charge in [0, 0.05) is 31.9 Å². The van der Waals surface area contributed by atoms with Gasteiger partial charge < -0.3 is 15.0 Å². The Hall–Kier alpha value is -2.49. The number of hydrogen-bond donors (Lipinski definition) is 1. The zero-order valence-electron chi connectivity index (χ0n) is 15.6. The van der Waals surface area contributed by atoms with Gasteiger partial charge in [-0.2, -0.15) is 0 Å². The second-order valence-corrected chi connectivity index (χ2v) is 6.61. The Kier molecular flexibility index (Phi) is 6.87. The summed E-state index contributed by atoms with van der Waals surface area (Å²) in [5, 5.41) is 2.97. The van der Waals surface area contributed by atoms with Gasteiger partial charge in [-0.1, -0.05) is 12.1 Å². The summed E-state index contributed by atoms with van der Waals surface area (Å²) in [4.78, 5) is 14.2. The monoisotopic (exact) mass is 340 g/mol. The van der Waals surface area contributed by atoms with Crippen molar-refractivity contribution in [3.63, 3.8) is 0 Å². The van der Waals surface area contributed by atoms with Crippen molar-refractivity contribution >= 4 is 11.6 Å². The first-order valence-corrected chi connectivity index (χ1v) is 8.77. The first-order valence-electron chi connectivity index (χ1n) is 8.77. The van der Waals surface area contributed by atoms with E-state index in [4.69, 9.17) is 4.74 Å². The van der Waals surface area contributed by atoms with Crippen LogP contribution in [-0.4, -0.2) is 32.7 Å². The number of rotatable bonds is 8. The van der Waals surface area contributed by atoms with Crippen LogP contribution in [0, 0.1) is 0 Å². The minimum absolute atomic E-state index is 0.0425. The van der Waals surface area contributed by atoms with Crippen LogP contribution in [0.25, 0.3) is 0 Å². The molecule has 0 aliphatic heterocycles. The fraction of sp³-hybridized carbons (Fsp3) is 0.381. The highest BCUT2D eigenvalue weighted by molar-refractivity contribution is 5.94. The maximum atomic E-state index is 12.2. The molecule has 4 heteroatoms. The first-order chi connectivity index (χ1) is 12.0. The summed E-state index contributed by atoms with van der Waals surface area (Å²) in [5.74, 6) is 0.742. The maximum Gasteiger partial charge on any atom is 0.251 e. The van der Waals surface area contributed by atoms with Gasteiger partial charge in [-0.3, -0.25) is 4.79 Å². The van der Waals surface area contributed by atoms with E-state index in [2.05, 4.69) is 34.5 Å². The predicted molar refractivity (Wildman–Crippen MR) is 104 cm³/mol. The minimum Gasteiger partial charge on any atom is -0.491 e. The number of carbonyl (C=O) groups excluding carboxylic acids is 1. The van der Waals surface area contributed by atoms with Gasteiger partial charge in [-0.25, -0.2) is 0 Å². The molecular weight excluding hydrogens is 312 g/mol. The van der Waals surface area contributed by atoms with E-state index in [-0.39, 0.29) is 12.0 Å². The second kappa shape index (κ2) is 9.11. The maximum absolute atomic E-state index is 12.2. The van der Waals surface area contributed by atoms with Crippen LogP contribution in [0.2, 0.25) is 0 Å². The Bertz CT molecular complexity index is 661. The van der Waals surface area contributed by atoms with Crippen molar-refractivity contribution in [3.05, 3.63) is 59.7 Å². The van der Waals surface area contributed by atoms with Gasteiger partial charge in [0.15, 0.2) is 0 Å². The molecule has 0 atom stereocenters. The number of aryl methyl sites for hydroxylation is 1. The topological polar surface area (TPSA) is 41.6 Å². The third kappa shape index (κ3) is 6.14. The van der Waals surface area contributed by atoms with Gasteiger partial charge in [0.05, 0.1) is 6.10 Å². The normalized spacial score (nSPS) is 10.6. The smallest absolute Gasteiger partial charge is 0.251 e. The molecule has 1 N–H and O–H groups in total. The first kappa shape index (κ1) is 18.8. The van der Waals surface area contributed by atoms with Crippen molar-refractivity contribution in [1.29, 1.82) is 0 Å². The van der Waals surface area contributed by atoms with E-state index in [0.29, 0.717) is 12.1 Å². The number of hydrogen-bond acceptors (Lipinski definition) is 3. The lowest BCUT2D eigenvalue weighted by Crippen LogP contribution is -2.24. The number of nitrogens with zero attached hydrogens (tertiary/aromatic N) is 1. The molecule has 0 saturated heterocycles. The largest absolute Gasteiger partial charge is 0.491 e. The third-order valence-electron chi connectivity index (χ3n) is 3.87.